The van der Waals surface area contributed by atoms with Crippen LogP contribution in [-0.4, -0.2) is 84.7 Å². The monoisotopic (exact) mass is 565 g/mol. The highest BCUT2D eigenvalue weighted by atomic mass is 16.5. The standard InChI is InChI=1S/C30H43N7O4/c1-23(2)21-26(22-38)34-30-36-28(32-14-13-24-9-5-3-6-10-24)35-29(37-30)33-16-18-41-20-19-40-17-15-31-27(39)25-11-7-4-8-12-25/h3-12,23,26,38H,13-22H2,1-2H3,(H,31,39)(H3,32,33,34,35,36,37)/t26-/m1/s1. The molecule has 0 bridgehead atoms. The highest BCUT2D eigenvalue weighted by Gasteiger charge is 2.13. The topological polar surface area (TPSA) is 143 Å². The molecule has 0 aliphatic rings. The second-order valence-corrected chi connectivity index (χ2v) is 9.90. The van der Waals surface area contributed by atoms with Gasteiger partial charge in [0.05, 0.1) is 39.1 Å². The second-order valence-electron chi connectivity index (χ2n) is 9.90. The maximum Gasteiger partial charge on any atom is 0.251 e. The predicted molar refractivity (Wildman–Crippen MR) is 161 cm³/mol. The molecular formula is C30H43N7O4. The Morgan fingerprint density at radius 1 is 0.780 bits per heavy atom. The first-order valence-corrected chi connectivity index (χ1v) is 14.2. The summed E-state index contributed by atoms with van der Waals surface area (Å²) >= 11 is 0. The zero-order valence-corrected chi connectivity index (χ0v) is 24.0. The van der Waals surface area contributed by atoms with E-state index >= 15 is 0 Å². The van der Waals surface area contributed by atoms with Gasteiger partial charge in [0.15, 0.2) is 0 Å². The van der Waals surface area contributed by atoms with Crippen molar-refractivity contribution in [3.63, 3.8) is 0 Å². The fraction of sp³-hybridized carbons (Fsp3) is 0.467. The number of rotatable bonds is 20. The van der Waals surface area contributed by atoms with Crippen LogP contribution in [0, 0.1) is 5.92 Å². The Kier molecular flexibility index (Phi) is 14.3. The number of hydrogen-bond acceptors (Lipinski definition) is 10. The van der Waals surface area contributed by atoms with E-state index in [1.165, 1.54) is 5.56 Å². The average molecular weight is 566 g/mol. The molecular weight excluding hydrogens is 522 g/mol. The van der Waals surface area contributed by atoms with E-state index in [1.54, 1.807) is 12.1 Å². The number of ether oxygens (including phenoxy) is 2. The first kappa shape index (κ1) is 31.7. The van der Waals surface area contributed by atoms with Crippen molar-refractivity contribution in [3.8, 4) is 0 Å². The quantitative estimate of drug-likeness (QED) is 0.130. The number of aliphatic hydroxyl groups excluding tert-OH is 1. The SMILES string of the molecule is CC(C)C[C@H](CO)Nc1nc(NCCOCCOCCNC(=O)c2ccccc2)nc(NCCc2ccccc2)n1. The first-order valence-electron chi connectivity index (χ1n) is 14.2. The van der Waals surface area contributed by atoms with Crippen LogP contribution >= 0.6 is 0 Å². The minimum Gasteiger partial charge on any atom is -0.394 e. The molecule has 1 heterocycles. The second kappa shape index (κ2) is 18.5. The molecule has 0 aliphatic carbocycles. The fourth-order valence-electron chi connectivity index (χ4n) is 3.98. The number of aromatic nitrogens is 3. The summed E-state index contributed by atoms with van der Waals surface area (Å²) < 4.78 is 11.2. The van der Waals surface area contributed by atoms with Crippen LogP contribution in [0.15, 0.2) is 60.7 Å². The van der Waals surface area contributed by atoms with Crippen molar-refractivity contribution in [3.05, 3.63) is 71.8 Å². The number of nitrogens with one attached hydrogen (secondary N) is 4. The van der Waals surface area contributed by atoms with Crippen molar-refractivity contribution < 1.29 is 19.4 Å². The summed E-state index contributed by atoms with van der Waals surface area (Å²) in [5.74, 6) is 1.57. The van der Waals surface area contributed by atoms with Crippen LogP contribution in [0.1, 0.15) is 36.2 Å². The van der Waals surface area contributed by atoms with Crippen molar-refractivity contribution in [1.82, 2.24) is 20.3 Å². The highest BCUT2D eigenvalue weighted by molar-refractivity contribution is 5.94. The molecule has 0 radical (unpaired) electrons. The number of amides is 1. The van der Waals surface area contributed by atoms with Crippen LogP contribution < -0.4 is 21.3 Å². The van der Waals surface area contributed by atoms with Gasteiger partial charge in [-0.05, 0) is 36.5 Å². The Labute approximate surface area is 242 Å². The van der Waals surface area contributed by atoms with Gasteiger partial charge in [0.25, 0.3) is 5.91 Å². The molecule has 222 valence electrons. The molecule has 1 aromatic heterocycles. The van der Waals surface area contributed by atoms with E-state index in [0.29, 0.717) is 75.4 Å². The third-order valence-electron chi connectivity index (χ3n) is 5.95. The zero-order valence-electron chi connectivity index (χ0n) is 24.0. The third-order valence-corrected chi connectivity index (χ3v) is 5.95. The molecule has 1 amide bonds. The molecule has 41 heavy (non-hydrogen) atoms. The minimum atomic E-state index is -0.155. The summed E-state index contributed by atoms with van der Waals surface area (Å²) in [6, 6.07) is 19.1. The Balaban J connectivity index is 1.38. The summed E-state index contributed by atoms with van der Waals surface area (Å²) in [4.78, 5) is 25.5. The van der Waals surface area contributed by atoms with Crippen molar-refractivity contribution >= 4 is 23.8 Å². The predicted octanol–water partition coefficient (Wildman–Crippen LogP) is 3.22. The molecule has 0 spiro atoms. The van der Waals surface area contributed by atoms with Crippen LogP contribution in [0.4, 0.5) is 17.8 Å². The molecule has 0 aliphatic heterocycles. The molecule has 2 aromatic carbocycles. The molecule has 3 aromatic rings. The van der Waals surface area contributed by atoms with E-state index in [2.05, 4.69) is 62.2 Å². The summed E-state index contributed by atoms with van der Waals surface area (Å²) in [7, 11) is 0. The van der Waals surface area contributed by atoms with E-state index in [0.717, 1.165) is 12.8 Å². The maximum absolute atomic E-state index is 12.0. The van der Waals surface area contributed by atoms with Gasteiger partial charge in [0.1, 0.15) is 0 Å². The van der Waals surface area contributed by atoms with E-state index in [1.807, 2.05) is 36.4 Å². The summed E-state index contributed by atoms with van der Waals surface area (Å²) in [5.41, 5.74) is 1.85. The van der Waals surface area contributed by atoms with Crippen LogP contribution in [0.25, 0.3) is 0 Å². The number of anilines is 3. The number of nitrogens with zero attached hydrogens (tertiary/aromatic N) is 3. The van der Waals surface area contributed by atoms with Gasteiger partial charge in [0.2, 0.25) is 17.8 Å². The van der Waals surface area contributed by atoms with Crippen molar-refractivity contribution in [2.24, 2.45) is 5.92 Å². The summed E-state index contributed by atoms with van der Waals surface area (Å²) in [5, 5.41) is 22.3. The molecule has 1 atom stereocenters. The lowest BCUT2D eigenvalue weighted by Crippen LogP contribution is -2.27. The van der Waals surface area contributed by atoms with Gasteiger partial charge in [-0.15, -0.1) is 0 Å². The normalized spacial score (nSPS) is 11.7. The maximum atomic E-state index is 12.0. The zero-order chi connectivity index (χ0) is 29.1. The molecule has 0 unspecified atom stereocenters. The van der Waals surface area contributed by atoms with Crippen molar-refractivity contribution in [1.29, 1.82) is 0 Å². The Bertz CT molecular complexity index is 1140. The molecule has 0 saturated carbocycles. The number of carbonyl (C=O) groups excluding carboxylic acids is 1. The van der Waals surface area contributed by atoms with Crippen LogP contribution in [0.3, 0.4) is 0 Å². The van der Waals surface area contributed by atoms with Crippen LogP contribution in [0.5, 0.6) is 0 Å². The lowest BCUT2D eigenvalue weighted by atomic mass is 10.0. The highest BCUT2D eigenvalue weighted by Crippen LogP contribution is 2.14. The van der Waals surface area contributed by atoms with Gasteiger partial charge in [-0.2, -0.15) is 15.0 Å². The first-order chi connectivity index (χ1) is 20.0. The number of hydrogen-bond donors (Lipinski definition) is 5. The molecule has 11 heteroatoms. The smallest absolute Gasteiger partial charge is 0.251 e. The summed E-state index contributed by atoms with van der Waals surface area (Å²) in [6.45, 7) is 7.49. The summed E-state index contributed by atoms with van der Waals surface area (Å²) in [6.07, 6.45) is 1.62. The van der Waals surface area contributed by atoms with Gasteiger partial charge in [0, 0.05) is 25.2 Å². The Morgan fingerprint density at radius 3 is 2.00 bits per heavy atom. The number of carbonyl (C=O) groups is 1. The van der Waals surface area contributed by atoms with E-state index in [4.69, 9.17) is 9.47 Å². The molecule has 5 N–H and O–H groups in total. The van der Waals surface area contributed by atoms with Crippen molar-refractivity contribution in [2.75, 3.05) is 68.6 Å². The average Bonchev–Trinajstić information content (AvgIpc) is 2.98. The van der Waals surface area contributed by atoms with Gasteiger partial charge in [-0.1, -0.05) is 62.4 Å². The molecule has 3 rings (SSSR count). The van der Waals surface area contributed by atoms with Gasteiger partial charge in [-0.3, -0.25) is 4.79 Å². The Hall–Kier alpha value is -3.80. The molecule has 0 saturated heterocycles. The van der Waals surface area contributed by atoms with Crippen molar-refractivity contribution in [2.45, 2.75) is 32.7 Å². The van der Waals surface area contributed by atoms with Gasteiger partial charge >= 0.3 is 0 Å². The molecule has 11 nitrogen and oxygen atoms in total. The number of benzene rings is 2. The van der Waals surface area contributed by atoms with E-state index < -0.39 is 0 Å². The lowest BCUT2D eigenvalue weighted by Gasteiger charge is -2.19. The van der Waals surface area contributed by atoms with Crippen LogP contribution in [0.2, 0.25) is 0 Å². The Morgan fingerprint density at radius 2 is 1.37 bits per heavy atom. The largest absolute Gasteiger partial charge is 0.394 e. The van der Waals surface area contributed by atoms with Gasteiger partial charge in [-0.25, -0.2) is 0 Å². The molecule has 0 fully saturated rings. The van der Waals surface area contributed by atoms with Gasteiger partial charge < -0.3 is 35.8 Å². The van der Waals surface area contributed by atoms with E-state index in [9.17, 15) is 9.90 Å². The third kappa shape index (κ3) is 12.9. The van der Waals surface area contributed by atoms with Crippen LogP contribution in [-0.2, 0) is 15.9 Å². The minimum absolute atomic E-state index is 0.0152. The fourth-order valence-corrected chi connectivity index (χ4v) is 3.98. The lowest BCUT2D eigenvalue weighted by molar-refractivity contribution is 0.0519. The van der Waals surface area contributed by atoms with E-state index in [-0.39, 0.29) is 18.6 Å². The number of aliphatic hydroxyl groups is 1.